The molecule has 2 aromatic rings. The molecule has 1 aliphatic rings. The van der Waals surface area contributed by atoms with E-state index in [2.05, 4.69) is 5.32 Å². The summed E-state index contributed by atoms with van der Waals surface area (Å²) in [5.74, 6) is 0.0782. The lowest BCUT2D eigenvalue weighted by Gasteiger charge is -2.38. The Morgan fingerprint density at radius 3 is 2.43 bits per heavy atom. The standard InChI is InChI=1S/C18H19N3O6S/c1-12-3-4-13(9-17(12)21(23)24)18(22)19-14-10-20(11-14)28(25,26)16-7-5-15(27-2)6-8-16/h3-9,14H,10-11H2,1-2H3,(H,19,22). The van der Waals surface area contributed by atoms with Crippen molar-refractivity contribution in [2.45, 2.75) is 17.9 Å². The van der Waals surface area contributed by atoms with Crippen LogP contribution in [-0.4, -0.2) is 49.8 Å². The average molecular weight is 405 g/mol. The second kappa shape index (κ2) is 7.56. The second-order valence-corrected chi connectivity index (χ2v) is 8.36. The highest BCUT2D eigenvalue weighted by Gasteiger charge is 2.37. The summed E-state index contributed by atoms with van der Waals surface area (Å²) < 4.78 is 31.4. The van der Waals surface area contributed by atoms with Crippen molar-refractivity contribution in [2.75, 3.05) is 20.2 Å². The van der Waals surface area contributed by atoms with Crippen molar-refractivity contribution in [3.8, 4) is 5.75 Å². The summed E-state index contributed by atoms with van der Waals surface area (Å²) in [6.07, 6.45) is 0. The van der Waals surface area contributed by atoms with Crippen LogP contribution < -0.4 is 10.1 Å². The van der Waals surface area contributed by atoms with Crippen LogP contribution in [0.2, 0.25) is 0 Å². The maximum Gasteiger partial charge on any atom is 0.273 e. The monoisotopic (exact) mass is 405 g/mol. The maximum absolute atomic E-state index is 12.6. The Balaban J connectivity index is 1.63. The van der Waals surface area contributed by atoms with Gasteiger partial charge in [0, 0.05) is 30.3 Å². The van der Waals surface area contributed by atoms with E-state index in [4.69, 9.17) is 4.74 Å². The summed E-state index contributed by atoms with van der Waals surface area (Å²) >= 11 is 0. The van der Waals surface area contributed by atoms with Crippen molar-refractivity contribution >= 4 is 21.6 Å². The number of nitro benzene ring substituents is 1. The van der Waals surface area contributed by atoms with E-state index in [0.717, 1.165) is 0 Å². The molecular formula is C18H19N3O6S. The molecule has 0 bridgehead atoms. The maximum atomic E-state index is 12.6. The van der Waals surface area contributed by atoms with Crippen molar-refractivity contribution < 1.29 is 22.9 Å². The fraction of sp³-hybridized carbons (Fsp3) is 0.278. The average Bonchev–Trinajstić information content (AvgIpc) is 2.64. The van der Waals surface area contributed by atoms with Gasteiger partial charge < -0.3 is 10.1 Å². The van der Waals surface area contributed by atoms with Gasteiger partial charge in [0.15, 0.2) is 0 Å². The van der Waals surface area contributed by atoms with E-state index >= 15 is 0 Å². The van der Waals surface area contributed by atoms with Crippen LogP contribution in [0.5, 0.6) is 5.75 Å². The lowest BCUT2D eigenvalue weighted by Crippen LogP contribution is -2.60. The van der Waals surface area contributed by atoms with Crippen LogP contribution in [0.15, 0.2) is 47.4 Å². The van der Waals surface area contributed by atoms with Gasteiger partial charge in [0.25, 0.3) is 11.6 Å². The molecule has 0 atom stereocenters. The SMILES string of the molecule is COc1ccc(S(=O)(=O)N2CC(NC(=O)c3ccc(C)c([N+](=O)[O-])c3)C2)cc1. The minimum atomic E-state index is -3.65. The predicted molar refractivity (Wildman–Crippen MR) is 101 cm³/mol. The molecule has 0 aromatic heterocycles. The number of ether oxygens (including phenoxy) is 1. The van der Waals surface area contributed by atoms with Crippen molar-refractivity contribution in [2.24, 2.45) is 0 Å². The lowest BCUT2D eigenvalue weighted by atomic mass is 10.1. The van der Waals surface area contributed by atoms with Crippen LogP contribution in [0.1, 0.15) is 15.9 Å². The summed E-state index contributed by atoms with van der Waals surface area (Å²) in [6, 6.07) is 9.93. The number of sulfonamides is 1. The first-order valence-electron chi connectivity index (χ1n) is 8.42. The topological polar surface area (TPSA) is 119 Å². The molecular weight excluding hydrogens is 386 g/mol. The van der Waals surface area contributed by atoms with Gasteiger partial charge in [0.2, 0.25) is 10.0 Å². The smallest absolute Gasteiger partial charge is 0.273 e. The van der Waals surface area contributed by atoms with E-state index in [-0.39, 0.29) is 35.3 Å². The molecule has 28 heavy (non-hydrogen) atoms. The minimum Gasteiger partial charge on any atom is -0.497 e. The predicted octanol–water partition coefficient (Wildman–Crippen LogP) is 1.71. The molecule has 0 saturated carbocycles. The zero-order valence-corrected chi connectivity index (χ0v) is 16.1. The fourth-order valence-corrected chi connectivity index (χ4v) is 4.37. The Kier molecular flexibility index (Phi) is 5.34. The molecule has 1 N–H and O–H groups in total. The van der Waals surface area contributed by atoms with Crippen LogP contribution in [0, 0.1) is 17.0 Å². The van der Waals surface area contributed by atoms with Gasteiger partial charge in [-0.25, -0.2) is 8.42 Å². The summed E-state index contributed by atoms with van der Waals surface area (Å²) in [5.41, 5.74) is 0.487. The molecule has 1 saturated heterocycles. The zero-order valence-electron chi connectivity index (χ0n) is 15.3. The number of carbonyl (C=O) groups is 1. The molecule has 10 heteroatoms. The van der Waals surface area contributed by atoms with E-state index in [0.29, 0.717) is 11.3 Å². The van der Waals surface area contributed by atoms with E-state index in [9.17, 15) is 23.3 Å². The number of rotatable bonds is 6. The Morgan fingerprint density at radius 1 is 1.21 bits per heavy atom. The number of hydrogen-bond acceptors (Lipinski definition) is 6. The Morgan fingerprint density at radius 2 is 1.86 bits per heavy atom. The summed E-state index contributed by atoms with van der Waals surface area (Å²) in [5, 5.41) is 13.7. The first kappa shape index (κ1) is 19.8. The van der Waals surface area contributed by atoms with Gasteiger partial charge in [0.05, 0.1) is 23.0 Å². The molecule has 9 nitrogen and oxygen atoms in total. The molecule has 0 unspecified atom stereocenters. The number of nitrogens with one attached hydrogen (secondary N) is 1. The number of nitrogens with zero attached hydrogens (tertiary/aromatic N) is 2. The van der Waals surface area contributed by atoms with E-state index in [1.165, 1.54) is 41.7 Å². The highest BCUT2D eigenvalue weighted by Crippen LogP contribution is 2.24. The van der Waals surface area contributed by atoms with Crippen molar-refractivity contribution in [3.63, 3.8) is 0 Å². The molecule has 0 radical (unpaired) electrons. The molecule has 2 aromatic carbocycles. The van der Waals surface area contributed by atoms with Gasteiger partial charge in [-0.2, -0.15) is 4.31 Å². The molecule has 1 aliphatic heterocycles. The van der Waals surface area contributed by atoms with Crippen LogP contribution in [0.3, 0.4) is 0 Å². The van der Waals surface area contributed by atoms with Crippen molar-refractivity contribution in [1.29, 1.82) is 0 Å². The Labute approximate surface area is 162 Å². The molecule has 3 rings (SSSR count). The van der Waals surface area contributed by atoms with Crippen LogP contribution >= 0.6 is 0 Å². The molecule has 0 spiro atoms. The van der Waals surface area contributed by atoms with Crippen LogP contribution in [0.4, 0.5) is 5.69 Å². The second-order valence-electron chi connectivity index (χ2n) is 6.43. The quantitative estimate of drug-likeness (QED) is 0.577. The van der Waals surface area contributed by atoms with Gasteiger partial charge in [0.1, 0.15) is 5.75 Å². The Hall–Kier alpha value is -2.98. The third kappa shape index (κ3) is 3.82. The molecule has 1 heterocycles. The van der Waals surface area contributed by atoms with Crippen LogP contribution in [-0.2, 0) is 10.0 Å². The molecule has 1 fully saturated rings. The number of amides is 1. The largest absolute Gasteiger partial charge is 0.497 e. The molecule has 0 aliphatic carbocycles. The third-order valence-corrected chi connectivity index (χ3v) is 6.39. The third-order valence-electron chi connectivity index (χ3n) is 4.55. The van der Waals surface area contributed by atoms with E-state index in [1.807, 2.05) is 0 Å². The number of benzene rings is 2. The number of methoxy groups -OCH3 is 1. The Bertz CT molecular complexity index is 1010. The van der Waals surface area contributed by atoms with Gasteiger partial charge in [-0.1, -0.05) is 6.07 Å². The summed E-state index contributed by atoms with van der Waals surface area (Å²) in [6.45, 7) is 1.86. The molecule has 148 valence electrons. The number of nitro groups is 1. The first-order valence-corrected chi connectivity index (χ1v) is 9.86. The minimum absolute atomic E-state index is 0.133. The van der Waals surface area contributed by atoms with Gasteiger partial charge >= 0.3 is 0 Å². The van der Waals surface area contributed by atoms with Crippen molar-refractivity contribution in [1.82, 2.24) is 9.62 Å². The van der Waals surface area contributed by atoms with E-state index in [1.54, 1.807) is 19.1 Å². The van der Waals surface area contributed by atoms with E-state index < -0.39 is 20.9 Å². The highest BCUT2D eigenvalue weighted by molar-refractivity contribution is 7.89. The summed E-state index contributed by atoms with van der Waals surface area (Å²) in [4.78, 5) is 22.9. The first-order chi connectivity index (χ1) is 13.2. The number of hydrogen-bond donors (Lipinski definition) is 1. The molecule has 1 amide bonds. The van der Waals surface area contributed by atoms with Gasteiger partial charge in [-0.15, -0.1) is 0 Å². The zero-order chi connectivity index (χ0) is 20.5. The lowest BCUT2D eigenvalue weighted by molar-refractivity contribution is -0.385. The number of aryl methyl sites for hydroxylation is 1. The van der Waals surface area contributed by atoms with Crippen molar-refractivity contribution in [3.05, 3.63) is 63.7 Å². The summed E-state index contributed by atoms with van der Waals surface area (Å²) in [7, 11) is -2.15. The number of carbonyl (C=O) groups excluding carboxylic acids is 1. The fourth-order valence-electron chi connectivity index (χ4n) is 2.84. The highest BCUT2D eigenvalue weighted by atomic mass is 32.2. The normalized spacial score (nSPS) is 14.9. The van der Waals surface area contributed by atoms with Gasteiger partial charge in [-0.3, -0.25) is 14.9 Å². The van der Waals surface area contributed by atoms with Crippen LogP contribution in [0.25, 0.3) is 0 Å². The van der Waals surface area contributed by atoms with Gasteiger partial charge in [-0.05, 0) is 37.3 Å².